The topological polar surface area (TPSA) is 98.0 Å². The van der Waals surface area contributed by atoms with Crippen LogP contribution in [-0.4, -0.2) is 34.9 Å². The zero-order valence-corrected chi connectivity index (χ0v) is 16.1. The highest BCUT2D eigenvalue weighted by atomic mass is 35.5. The average Bonchev–Trinajstić information content (AvgIpc) is 2.68. The maximum atomic E-state index is 12.5. The highest BCUT2D eigenvalue weighted by Gasteiger charge is 2.32. The minimum atomic E-state index is -4.82. The Morgan fingerprint density at radius 1 is 1.17 bits per heavy atom. The van der Waals surface area contributed by atoms with Gasteiger partial charge in [-0.3, -0.25) is 4.98 Å². The first-order chi connectivity index (χ1) is 13.8. The Kier molecular flexibility index (Phi) is 6.36. The minimum Gasteiger partial charge on any atom is -0.404 e. The number of hydrogen-bond donors (Lipinski definition) is 3. The molecule has 2 heterocycles. The highest BCUT2D eigenvalue weighted by molar-refractivity contribution is 6.32. The van der Waals surface area contributed by atoms with E-state index in [1.807, 2.05) is 0 Å². The van der Waals surface area contributed by atoms with Gasteiger partial charge < -0.3 is 21.1 Å². The Bertz CT molecular complexity index is 1000. The van der Waals surface area contributed by atoms with Crippen LogP contribution in [0.5, 0.6) is 5.75 Å². The molecule has 0 fully saturated rings. The molecular weight excluding hydrogens is 409 g/mol. The van der Waals surface area contributed by atoms with Gasteiger partial charge in [-0.2, -0.15) is 0 Å². The summed E-state index contributed by atoms with van der Waals surface area (Å²) < 4.78 is 41.3. The van der Waals surface area contributed by atoms with Gasteiger partial charge in [0.25, 0.3) is 0 Å². The molecule has 0 saturated heterocycles. The van der Waals surface area contributed by atoms with Crippen molar-refractivity contribution < 1.29 is 17.9 Å². The van der Waals surface area contributed by atoms with Gasteiger partial charge >= 0.3 is 6.36 Å². The Morgan fingerprint density at radius 2 is 1.97 bits per heavy atom. The maximum Gasteiger partial charge on any atom is 0.573 e. The number of ether oxygens (including phenoxy) is 1. The molecule has 1 aromatic carbocycles. The summed E-state index contributed by atoms with van der Waals surface area (Å²) in [7, 11) is 1.75. The number of alkyl halides is 3. The van der Waals surface area contributed by atoms with Crippen LogP contribution >= 0.6 is 11.6 Å². The van der Waals surface area contributed by atoms with Gasteiger partial charge in [0.2, 0.25) is 0 Å². The zero-order valence-electron chi connectivity index (χ0n) is 15.3. The lowest BCUT2D eigenvalue weighted by molar-refractivity contribution is -0.274. The van der Waals surface area contributed by atoms with Crippen LogP contribution in [-0.2, 0) is 6.54 Å². The van der Waals surface area contributed by atoms with Crippen LogP contribution in [0.3, 0.4) is 0 Å². The van der Waals surface area contributed by atoms with Gasteiger partial charge in [-0.05, 0) is 36.4 Å². The van der Waals surface area contributed by atoms with Crippen LogP contribution in [0, 0.1) is 0 Å². The molecule has 3 aromatic rings. The van der Waals surface area contributed by atoms with E-state index >= 15 is 0 Å². The van der Waals surface area contributed by atoms with E-state index < -0.39 is 12.1 Å². The molecule has 0 radical (unpaired) electrons. The van der Waals surface area contributed by atoms with Crippen LogP contribution in [0.4, 0.5) is 19.0 Å². The van der Waals surface area contributed by atoms with Gasteiger partial charge in [0.05, 0.1) is 16.6 Å². The molecule has 0 aliphatic carbocycles. The second-order valence-corrected chi connectivity index (χ2v) is 6.49. The van der Waals surface area contributed by atoms with E-state index in [1.165, 1.54) is 24.5 Å². The standard InChI is InChI=1S/C18H18ClF3N6O/c1-24-8-13(10-2-3-14(12(19)6-10)29-18(20,21)22)28-17-16-15(26-9-27-17)11(7-23)4-5-25-16/h2-6,9,13,24H,7-8,23H2,1H3,(H,26,27,28)/t13-/m1/s1. The third kappa shape index (κ3) is 5.03. The number of aromatic nitrogens is 3. The number of rotatable bonds is 7. The molecule has 0 saturated carbocycles. The van der Waals surface area contributed by atoms with E-state index in [-0.39, 0.29) is 11.1 Å². The average molecular weight is 427 g/mol. The molecule has 0 unspecified atom stereocenters. The number of nitrogens with one attached hydrogen (secondary N) is 2. The summed E-state index contributed by atoms with van der Waals surface area (Å²) in [5.41, 5.74) is 8.39. The van der Waals surface area contributed by atoms with Crippen LogP contribution < -0.4 is 21.1 Å². The summed E-state index contributed by atoms with van der Waals surface area (Å²) in [5, 5.41) is 6.12. The van der Waals surface area contributed by atoms with Crippen molar-refractivity contribution in [1.29, 1.82) is 0 Å². The van der Waals surface area contributed by atoms with Gasteiger partial charge in [0.1, 0.15) is 17.6 Å². The van der Waals surface area contributed by atoms with Gasteiger partial charge in [0.15, 0.2) is 5.82 Å². The van der Waals surface area contributed by atoms with Crippen LogP contribution in [0.25, 0.3) is 11.0 Å². The normalized spacial score (nSPS) is 12.8. The lowest BCUT2D eigenvalue weighted by Gasteiger charge is -2.21. The van der Waals surface area contributed by atoms with Crippen molar-refractivity contribution in [1.82, 2.24) is 20.3 Å². The number of halogens is 4. The zero-order chi connectivity index (χ0) is 21.0. The number of anilines is 1. The number of benzene rings is 1. The fourth-order valence-corrected chi connectivity index (χ4v) is 3.08. The van der Waals surface area contributed by atoms with E-state index in [4.69, 9.17) is 17.3 Å². The first-order valence-electron chi connectivity index (χ1n) is 8.57. The monoisotopic (exact) mass is 426 g/mol. The fraction of sp³-hybridized carbons (Fsp3) is 0.278. The number of fused-ring (bicyclic) bond motifs is 1. The molecule has 29 heavy (non-hydrogen) atoms. The number of likely N-dealkylation sites (N-methyl/N-ethyl adjacent to an activating group) is 1. The van der Waals surface area contributed by atoms with Gasteiger partial charge in [-0.25, -0.2) is 9.97 Å². The van der Waals surface area contributed by atoms with Gasteiger partial charge in [0, 0.05) is 19.3 Å². The first kappa shape index (κ1) is 21.0. The molecule has 2 aromatic heterocycles. The first-order valence-corrected chi connectivity index (χ1v) is 8.95. The molecule has 0 aliphatic rings. The van der Waals surface area contributed by atoms with E-state index in [0.717, 1.165) is 5.56 Å². The number of nitrogens with two attached hydrogens (primary N) is 1. The van der Waals surface area contributed by atoms with E-state index in [9.17, 15) is 13.2 Å². The summed E-state index contributed by atoms with van der Waals surface area (Å²) in [6.45, 7) is 0.740. The molecule has 1 atom stereocenters. The van der Waals surface area contributed by atoms with Crippen LogP contribution in [0.15, 0.2) is 36.8 Å². The van der Waals surface area contributed by atoms with Crippen molar-refractivity contribution in [2.75, 3.05) is 18.9 Å². The SMILES string of the molecule is CNC[C@@H](Nc1ncnc2c(CN)ccnc12)c1ccc(OC(F)(F)F)c(Cl)c1. The largest absolute Gasteiger partial charge is 0.573 e. The van der Waals surface area contributed by atoms with Crippen molar-refractivity contribution in [3.05, 3.63) is 52.9 Å². The third-order valence-corrected chi connectivity index (χ3v) is 4.42. The molecule has 0 spiro atoms. The lowest BCUT2D eigenvalue weighted by Crippen LogP contribution is -2.24. The van der Waals surface area contributed by atoms with Gasteiger partial charge in [-0.1, -0.05) is 17.7 Å². The molecule has 154 valence electrons. The predicted octanol–water partition coefficient (Wildman–Crippen LogP) is 3.41. The van der Waals surface area contributed by atoms with E-state index in [1.54, 1.807) is 19.3 Å². The molecule has 0 amide bonds. The van der Waals surface area contributed by atoms with Crippen LogP contribution in [0.2, 0.25) is 5.02 Å². The van der Waals surface area contributed by atoms with Gasteiger partial charge in [-0.15, -0.1) is 13.2 Å². The summed E-state index contributed by atoms with van der Waals surface area (Å²) in [6.07, 6.45) is -1.80. The van der Waals surface area contributed by atoms with Crippen molar-refractivity contribution in [2.45, 2.75) is 18.9 Å². The third-order valence-electron chi connectivity index (χ3n) is 4.13. The fourth-order valence-electron chi connectivity index (χ4n) is 2.85. The molecule has 4 N–H and O–H groups in total. The van der Waals surface area contributed by atoms with E-state index in [0.29, 0.717) is 35.5 Å². The second-order valence-electron chi connectivity index (χ2n) is 6.09. The van der Waals surface area contributed by atoms with E-state index in [2.05, 4.69) is 30.3 Å². The minimum absolute atomic E-state index is 0.154. The van der Waals surface area contributed by atoms with Crippen molar-refractivity contribution in [3.8, 4) is 5.75 Å². The highest BCUT2D eigenvalue weighted by Crippen LogP contribution is 2.33. The second kappa shape index (κ2) is 8.76. The van der Waals surface area contributed by atoms with Crippen molar-refractivity contribution in [2.24, 2.45) is 5.73 Å². The smallest absolute Gasteiger partial charge is 0.404 e. The Morgan fingerprint density at radius 3 is 2.62 bits per heavy atom. The molecule has 0 bridgehead atoms. The summed E-state index contributed by atoms with van der Waals surface area (Å²) in [4.78, 5) is 12.8. The Hall–Kier alpha value is -2.69. The van der Waals surface area contributed by atoms with Crippen LogP contribution in [0.1, 0.15) is 17.2 Å². The number of pyridine rings is 1. The molecule has 11 heteroatoms. The molecule has 3 rings (SSSR count). The lowest BCUT2D eigenvalue weighted by atomic mass is 10.1. The molecule has 0 aliphatic heterocycles. The number of nitrogens with zero attached hydrogens (tertiary/aromatic N) is 3. The maximum absolute atomic E-state index is 12.5. The summed E-state index contributed by atoms with van der Waals surface area (Å²) in [5.74, 6) is 0.00477. The summed E-state index contributed by atoms with van der Waals surface area (Å²) >= 11 is 5.99. The number of hydrogen-bond acceptors (Lipinski definition) is 7. The Balaban J connectivity index is 1.94. The predicted molar refractivity (Wildman–Crippen MR) is 104 cm³/mol. The quantitative estimate of drug-likeness (QED) is 0.532. The van der Waals surface area contributed by atoms with Crippen molar-refractivity contribution >= 4 is 28.5 Å². The van der Waals surface area contributed by atoms with Crippen molar-refractivity contribution in [3.63, 3.8) is 0 Å². The Labute approximate surface area is 169 Å². The summed E-state index contributed by atoms with van der Waals surface area (Å²) in [6, 6.07) is 5.52. The molecule has 7 nitrogen and oxygen atoms in total. The molecular formula is C18H18ClF3N6O.